The van der Waals surface area contributed by atoms with E-state index in [9.17, 15) is 13.4 Å². The number of hydrogen-bond donors (Lipinski definition) is 1. The van der Waals surface area contributed by atoms with Crippen LogP contribution in [0.25, 0.3) is 0 Å². The maximum Gasteiger partial charge on any atom is 0.338 e. The van der Waals surface area contributed by atoms with Gasteiger partial charge in [-0.2, -0.15) is 5.10 Å². The van der Waals surface area contributed by atoms with E-state index in [1.807, 2.05) is 13.0 Å². The quantitative estimate of drug-likeness (QED) is 0.918. The van der Waals surface area contributed by atoms with Gasteiger partial charge >= 0.3 is 5.97 Å². The molecule has 1 heterocycles. The van der Waals surface area contributed by atoms with E-state index < -0.39 is 28.1 Å². The maximum absolute atomic E-state index is 13.3. The molecule has 1 atom stereocenters. The third-order valence-corrected chi connectivity index (χ3v) is 4.44. The second-order valence-electron chi connectivity index (χ2n) is 4.54. The molecule has 0 aliphatic carbocycles. The zero-order chi connectivity index (χ0) is 15.6. The molecule has 2 aromatic rings. The summed E-state index contributed by atoms with van der Waals surface area (Å²) >= 11 is 0. The van der Waals surface area contributed by atoms with Crippen LogP contribution in [0.2, 0.25) is 0 Å². The molecule has 0 aliphatic heterocycles. The molecule has 1 aromatic heterocycles. The third kappa shape index (κ3) is 3.36. The van der Waals surface area contributed by atoms with E-state index in [-0.39, 0.29) is 10.6 Å². The van der Waals surface area contributed by atoms with Crippen LogP contribution in [-0.4, -0.2) is 25.1 Å². The van der Waals surface area contributed by atoms with Gasteiger partial charge < -0.3 is 5.11 Å². The molecule has 0 spiro atoms. The highest BCUT2D eigenvalue weighted by molar-refractivity contribution is 7.84. The molecule has 0 aliphatic rings. The molecule has 0 amide bonds. The topological polar surface area (TPSA) is 72.2 Å². The van der Waals surface area contributed by atoms with Crippen molar-refractivity contribution >= 4 is 16.8 Å². The van der Waals surface area contributed by atoms with Crippen molar-refractivity contribution < 1.29 is 18.5 Å². The summed E-state index contributed by atoms with van der Waals surface area (Å²) in [6.45, 7) is 1.97. The van der Waals surface area contributed by atoms with Gasteiger partial charge in [0.1, 0.15) is 5.82 Å². The molecule has 0 saturated carbocycles. The van der Waals surface area contributed by atoms with Gasteiger partial charge in [0.05, 0.1) is 33.5 Å². The van der Waals surface area contributed by atoms with Gasteiger partial charge in [-0.25, -0.2) is 9.18 Å². The van der Waals surface area contributed by atoms with Crippen LogP contribution in [0.15, 0.2) is 29.2 Å². The van der Waals surface area contributed by atoms with Gasteiger partial charge in [-0.05, 0) is 30.7 Å². The Labute approximate surface area is 123 Å². The lowest BCUT2D eigenvalue weighted by Crippen LogP contribution is -2.06. The van der Waals surface area contributed by atoms with E-state index >= 15 is 0 Å². The fraction of sp³-hybridized carbons (Fsp3) is 0.286. The molecular formula is C14H15FN2O3S. The van der Waals surface area contributed by atoms with Gasteiger partial charge in [0.25, 0.3) is 0 Å². The average Bonchev–Trinajstić information content (AvgIpc) is 2.79. The number of aromatic carboxylic acids is 1. The molecule has 0 fully saturated rings. The van der Waals surface area contributed by atoms with Crippen LogP contribution in [0, 0.1) is 5.82 Å². The summed E-state index contributed by atoms with van der Waals surface area (Å²) in [6, 6.07) is 5.34. The molecule has 0 bridgehead atoms. The van der Waals surface area contributed by atoms with Gasteiger partial charge in [-0.1, -0.05) is 6.92 Å². The molecule has 1 N–H and O–H groups in total. The van der Waals surface area contributed by atoms with Crippen LogP contribution in [0.1, 0.15) is 28.7 Å². The minimum Gasteiger partial charge on any atom is -0.478 e. The number of nitrogens with zero attached hydrogens (tertiary/aromatic N) is 2. The van der Waals surface area contributed by atoms with Crippen molar-refractivity contribution in [1.29, 1.82) is 0 Å². The third-order valence-electron chi connectivity index (χ3n) is 3.10. The first-order valence-electron chi connectivity index (χ1n) is 6.35. The summed E-state index contributed by atoms with van der Waals surface area (Å²) < 4.78 is 27.3. The normalized spacial score (nSPS) is 12.3. The van der Waals surface area contributed by atoms with Crippen LogP contribution in [0.4, 0.5) is 4.39 Å². The van der Waals surface area contributed by atoms with E-state index in [1.54, 1.807) is 11.7 Å². The lowest BCUT2D eigenvalue weighted by atomic mass is 10.2. The molecule has 1 aromatic carbocycles. The predicted molar refractivity (Wildman–Crippen MR) is 76.1 cm³/mol. The number of halogens is 1. The number of benzene rings is 1. The van der Waals surface area contributed by atoms with Crippen molar-refractivity contribution in [2.75, 3.05) is 0 Å². The second kappa shape index (κ2) is 6.17. The molecule has 21 heavy (non-hydrogen) atoms. The van der Waals surface area contributed by atoms with Crippen LogP contribution in [0.3, 0.4) is 0 Å². The fourth-order valence-corrected chi connectivity index (χ4v) is 3.08. The van der Waals surface area contributed by atoms with Crippen molar-refractivity contribution in [1.82, 2.24) is 9.78 Å². The zero-order valence-corrected chi connectivity index (χ0v) is 12.5. The Morgan fingerprint density at radius 2 is 2.14 bits per heavy atom. The van der Waals surface area contributed by atoms with Crippen molar-refractivity contribution in [2.45, 2.75) is 24.0 Å². The number of carboxylic acids is 1. The Bertz CT molecular complexity index is 712. The van der Waals surface area contributed by atoms with E-state index in [4.69, 9.17) is 5.11 Å². The van der Waals surface area contributed by atoms with Crippen LogP contribution in [0.5, 0.6) is 0 Å². The zero-order valence-electron chi connectivity index (χ0n) is 11.7. The predicted octanol–water partition coefficient (Wildman–Crippen LogP) is 2.13. The summed E-state index contributed by atoms with van der Waals surface area (Å²) in [6.07, 6.45) is 0.778. The van der Waals surface area contributed by atoms with Crippen molar-refractivity contribution in [2.24, 2.45) is 7.05 Å². The minimum absolute atomic E-state index is 0.203. The van der Waals surface area contributed by atoms with Gasteiger partial charge in [-0.15, -0.1) is 0 Å². The molecular weight excluding hydrogens is 295 g/mol. The molecule has 5 nitrogen and oxygen atoms in total. The Kier molecular flexibility index (Phi) is 4.52. The first-order valence-corrected chi connectivity index (χ1v) is 7.67. The van der Waals surface area contributed by atoms with Gasteiger partial charge in [-0.3, -0.25) is 8.89 Å². The largest absolute Gasteiger partial charge is 0.478 e. The van der Waals surface area contributed by atoms with Crippen LogP contribution < -0.4 is 0 Å². The van der Waals surface area contributed by atoms with Crippen LogP contribution >= 0.6 is 0 Å². The molecule has 112 valence electrons. The number of aryl methyl sites for hydroxylation is 2. The Morgan fingerprint density at radius 3 is 2.71 bits per heavy atom. The van der Waals surface area contributed by atoms with Crippen molar-refractivity contribution in [3.05, 3.63) is 47.0 Å². The molecule has 0 radical (unpaired) electrons. The van der Waals surface area contributed by atoms with E-state index in [1.165, 1.54) is 6.07 Å². The number of rotatable bonds is 5. The summed E-state index contributed by atoms with van der Waals surface area (Å²) in [4.78, 5) is 11.2. The first kappa shape index (κ1) is 15.4. The number of carbonyl (C=O) groups is 1. The Hall–Kier alpha value is -2.02. The summed E-state index contributed by atoms with van der Waals surface area (Å²) in [5.74, 6) is -2.01. The summed E-state index contributed by atoms with van der Waals surface area (Å²) in [7, 11) is 0.304. The van der Waals surface area contributed by atoms with Gasteiger partial charge in [0.2, 0.25) is 0 Å². The summed E-state index contributed by atoms with van der Waals surface area (Å²) in [5.41, 5.74) is 1.21. The van der Waals surface area contributed by atoms with Crippen molar-refractivity contribution in [3.63, 3.8) is 0 Å². The number of aromatic nitrogens is 2. The highest BCUT2D eigenvalue weighted by Gasteiger charge is 2.15. The van der Waals surface area contributed by atoms with Crippen molar-refractivity contribution in [3.8, 4) is 0 Å². The van der Waals surface area contributed by atoms with Gasteiger partial charge in [0, 0.05) is 11.9 Å². The maximum atomic E-state index is 13.3. The summed E-state index contributed by atoms with van der Waals surface area (Å²) in [5, 5.41) is 13.2. The molecule has 1 unspecified atom stereocenters. The highest BCUT2D eigenvalue weighted by atomic mass is 32.2. The lowest BCUT2D eigenvalue weighted by Gasteiger charge is -2.05. The Balaban J connectivity index is 2.26. The van der Waals surface area contributed by atoms with Crippen LogP contribution in [-0.2, 0) is 30.0 Å². The molecule has 0 saturated heterocycles. The SMILES string of the molecule is CCc1cc(CS(=O)c2ccc(F)c(C(=O)O)c2)n(C)n1. The van der Waals surface area contributed by atoms with E-state index in [0.29, 0.717) is 0 Å². The minimum atomic E-state index is -1.46. The smallest absolute Gasteiger partial charge is 0.338 e. The standard InChI is InChI=1S/C14H15FN2O3S/c1-3-9-6-10(17(2)16-9)8-21(20)11-4-5-13(15)12(7-11)14(18)19/h4-7H,3,8H2,1-2H3,(H,18,19). The monoisotopic (exact) mass is 310 g/mol. The Morgan fingerprint density at radius 1 is 1.43 bits per heavy atom. The van der Waals surface area contributed by atoms with Gasteiger partial charge in [0.15, 0.2) is 0 Å². The second-order valence-corrected chi connectivity index (χ2v) is 5.99. The average molecular weight is 310 g/mol. The lowest BCUT2D eigenvalue weighted by molar-refractivity contribution is 0.0691. The number of hydrogen-bond acceptors (Lipinski definition) is 3. The first-order chi connectivity index (χ1) is 9.92. The molecule has 7 heteroatoms. The fourth-order valence-electron chi connectivity index (χ4n) is 1.91. The van der Waals surface area contributed by atoms with E-state index in [0.717, 1.165) is 29.9 Å². The molecule has 2 rings (SSSR count). The van der Waals surface area contributed by atoms with E-state index in [2.05, 4.69) is 5.10 Å². The highest BCUT2D eigenvalue weighted by Crippen LogP contribution is 2.17. The number of carboxylic acid groups (broad SMARTS) is 1.